The van der Waals surface area contributed by atoms with Gasteiger partial charge in [-0.15, -0.1) is 0 Å². The number of cyclic esters (lactones) is 1. The number of halogens is 1. The van der Waals surface area contributed by atoms with Crippen LogP contribution in [-0.2, 0) is 16.0 Å². The Hall–Kier alpha value is -2.93. The second kappa shape index (κ2) is 8.67. The number of piperidine rings is 1. The summed E-state index contributed by atoms with van der Waals surface area (Å²) < 4.78 is 19.5. The fourth-order valence-corrected chi connectivity index (χ4v) is 4.69. The molecule has 2 fully saturated rings. The zero-order valence-electron chi connectivity index (χ0n) is 17.9. The maximum Gasteiger partial charge on any atom is 0.416 e. The van der Waals surface area contributed by atoms with E-state index in [1.54, 1.807) is 17.0 Å². The summed E-state index contributed by atoms with van der Waals surface area (Å²) in [6, 6.07) is 13.6. The van der Waals surface area contributed by atoms with E-state index in [1.807, 2.05) is 31.2 Å². The maximum absolute atomic E-state index is 13.5. The van der Waals surface area contributed by atoms with E-state index in [2.05, 4.69) is 10.2 Å². The summed E-state index contributed by atoms with van der Waals surface area (Å²) in [4.78, 5) is 28.2. The van der Waals surface area contributed by atoms with Gasteiger partial charge in [0.25, 0.3) is 0 Å². The van der Waals surface area contributed by atoms with Crippen LogP contribution in [0.4, 0.5) is 20.6 Å². The third kappa shape index (κ3) is 4.42. The second-order valence-electron chi connectivity index (χ2n) is 8.56. The summed E-state index contributed by atoms with van der Waals surface area (Å²) in [6.45, 7) is 5.26. The number of rotatable bonds is 5. The topological polar surface area (TPSA) is 61.9 Å². The van der Waals surface area contributed by atoms with Gasteiger partial charge >= 0.3 is 6.09 Å². The molecule has 0 saturated carbocycles. The molecule has 1 N–H and O–H groups in total. The van der Waals surface area contributed by atoms with Crippen LogP contribution >= 0.6 is 0 Å². The summed E-state index contributed by atoms with van der Waals surface area (Å²) in [7, 11) is 0. The summed E-state index contributed by atoms with van der Waals surface area (Å²) in [5, 5.41) is 2.77. The lowest BCUT2D eigenvalue weighted by atomic mass is 9.88. The van der Waals surface area contributed by atoms with Crippen LogP contribution in [0.5, 0.6) is 0 Å². The molecule has 2 unspecified atom stereocenters. The van der Waals surface area contributed by atoms with Crippen molar-refractivity contribution in [3.05, 3.63) is 59.9 Å². The number of hydrogen-bond acceptors (Lipinski definition) is 4. The number of hydrogen-bond donors (Lipinski definition) is 1. The van der Waals surface area contributed by atoms with E-state index in [4.69, 9.17) is 4.74 Å². The lowest BCUT2D eigenvalue weighted by Crippen LogP contribution is -2.57. The molecule has 2 aliphatic heterocycles. The van der Waals surface area contributed by atoms with Crippen LogP contribution < -0.4 is 10.2 Å². The molecule has 164 valence electrons. The van der Waals surface area contributed by atoms with Gasteiger partial charge in [-0.25, -0.2) is 9.18 Å². The van der Waals surface area contributed by atoms with Crippen molar-refractivity contribution in [1.82, 2.24) is 4.90 Å². The molecule has 0 bridgehead atoms. The highest BCUT2D eigenvalue weighted by Crippen LogP contribution is 2.40. The van der Waals surface area contributed by atoms with Crippen LogP contribution in [0.2, 0.25) is 0 Å². The van der Waals surface area contributed by atoms with Crippen LogP contribution in [-0.4, -0.2) is 41.8 Å². The minimum absolute atomic E-state index is 0.123. The van der Waals surface area contributed by atoms with Crippen molar-refractivity contribution in [3.63, 3.8) is 0 Å². The van der Waals surface area contributed by atoms with Gasteiger partial charge < -0.3 is 10.1 Å². The molecule has 2 atom stereocenters. The predicted molar refractivity (Wildman–Crippen MR) is 117 cm³/mol. The Morgan fingerprint density at radius 2 is 1.74 bits per heavy atom. The Morgan fingerprint density at radius 3 is 2.35 bits per heavy atom. The molecule has 0 spiro atoms. The predicted octanol–water partition coefficient (Wildman–Crippen LogP) is 4.55. The molecule has 0 aromatic heterocycles. The van der Waals surface area contributed by atoms with Gasteiger partial charge in [0, 0.05) is 37.8 Å². The quantitative estimate of drug-likeness (QED) is 0.763. The maximum atomic E-state index is 13.5. The van der Waals surface area contributed by atoms with E-state index in [1.165, 1.54) is 25.5 Å². The Kier molecular flexibility index (Phi) is 5.96. The van der Waals surface area contributed by atoms with Gasteiger partial charge in [0.2, 0.25) is 5.91 Å². The highest BCUT2D eigenvalue weighted by Gasteiger charge is 2.54. The van der Waals surface area contributed by atoms with Crippen LogP contribution in [0.3, 0.4) is 0 Å². The van der Waals surface area contributed by atoms with Crippen LogP contribution in [0, 0.1) is 5.82 Å². The molecule has 2 amide bonds. The van der Waals surface area contributed by atoms with Gasteiger partial charge in [-0.1, -0.05) is 18.6 Å². The number of benzene rings is 2. The van der Waals surface area contributed by atoms with E-state index in [9.17, 15) is 14.0 Å². The third-order valence-electron chi connectivity index (χ3n) is 6.08. The lowest BCUT2D eigenvalue weighted by molar-refractivity contribution is -0.114. The van der Waals surface area contributed by atoms with Crippen molar-refractivity contribution in [1.29, 1.82) is 0 Å². The monoisotopic (exact) mass is 425 g/mol. The molecule has 0 radical (unpaired) electrons. The number of nitrogens with one attached hydrogen (secondary N) is 1. The van der Waals surface area contributed by atoms with Gasteiger partial charge in [-0.3, -0.25) is 14.6 Å². The summed E-state index contributed by atoms with van der Waals surface area (Å²) in [5.74, 6) is -0.471. The SMILES string of the molecule is CC(=O)Nc1ccc(CC2(C)C(N3CCCCC3)OC(=O)N2c2ccc(F)cc2)cc1. The first kappa shape index (κ1) is 21.3. The number of amides is 2. The number of carbonyl (C=O) groups is 2. The minimum Gasteiger partial charge on any atom is -0.427 e. The van der Waals surface area contributed by atoms with Gasteiger partial charge in [0.05, 0.1) is 0 Å². The average Bonchev–Trinajstić information content (AvgIpc) is 3.01. The Bertz CT molecular complexity index is 942. The van der Waals surface area contributed by atoms with E-state index >= 15 is 0 Å². The smallest absolute Gasteiger partial charge is 0.416 e. The van der Waals surface area contributed by atoms with Crippen molar-refractivity contribution in [2.24, 2.45) is 0 Å². The molecular weight excluding hydrogens is 397 g/mol. The summed E-state index contributed by atoms with van der Waals surface area (Å²) in [6.07, 6.45) is 3.07. The van der Waals surface area contributed by atoms with E-state index in [-0.39, 0.29) is 11.7 Å². The third-order valence-corrected chi connectivity index (χ3v) is 6.08. The summed E-state index contributed by atoms with van der Waals surface area (Å²) in [5.41, 5.74) is 1.68. The first-order chi connectivity index (χ1) is 14.9. The van der Waals surface area contributed by atoms with Crippen LogP contribution in [0.25, 0.3) is 0 Å². The van der Waals surface area contributed by atoms with Crippen molar-refractivity contribution < 1.29 is 18.7 Å². The van der Waals surface area contributed by atoms with E-state index in [0.717, 1.165) is 37.2 Å². The number of likely N-dealkylation sites (tertiary alicyclic amines) is 1. The van der Waals surface area contributed by atoms with Crippen LogP contribution in [0.15, 0.2) is 48.5 Å². The van der Waals surface area contributed by atoms with E-state index < -0.39 is 17.9 Å². The van der Waals surface area contributed by atoms with Crippen molar-refractivity contribution in [3.8, 4) is 0 Å². The molecule has 2 aromatic carbocycles. The fourth-order valence-electron chi connectivity index (χ4n) is 4.69. The van der Waals surface area contributed by atoms with Gasteiger partial charge in [-0.05, 0) is 61.7 Å². The van der Waals surface area contributed by atoms with Gasteiger partial charge in [-0.2, -0.15) is 0 Å². The highest BCUT2D eigenvalue weighted by atomic mass is 19.1. The number of carbonyl (C=O) groups excluding carboxylic acids is 2. The summed E-state index contributed by atoms with van der Waals surface area (Å²) >= 11 is 0. The highest BCUT2D eigenvalue weighted by molar-refractivity contribution is 5.92. The zero-order chi connectivity index (χ0) is 22.0. The first-order valence-corrected chi connectivity index (χ1v) is 10.7. The molecule has 2 aliphatic rings. The Labute approximate surface area is 182 Å². The van der Waals surface area contributed by atoms with Gasteiger partial charge in [0.15, 0.2) is 6.23 Å². The van der Waals surface area contributed by atoms with Crippen molar-refractivity contribution in [2.45, 2.75) is 51.3 Å². The first-order valence-electron chi connectivity index (χ1n) is 10.7. The Morgan fingerprint density at radius 1 is 1.10 bits per heavy atom. The molecule has 2 saturated heterocycles. The molecule has 6 nitrogen and oxygen atoms in total. The number of anilines is 2. The van der Waals surface area contributed by atoms with Crippen LogP contribution in [0.1, 0.15) is 38.7 Å². The Balaban J connectivity index is 1.68. The number of ether oxygens (including phenoxy) is 1. The second-order valence-corrected chi connectivity index (χ2v) is 8.56. The van der Waals surface area contributed by atoms with Crippen molar-refractivity contribution in [2.75, 3.05) is 23.3 Å². The minimum atomic E-state index is -0.679. The largest absolute Gasteiger partial charge is 0.427 e. The van der Waals surface area contributed by atoms with E-state index in [0.29, 0.717) is 12.1 Å². The zero-order valence-corrected chi connectivity index (χ0v) is 17.9. The lowest BCUT2D eigenvalue weighted by Gasteiger charge is -2.41. The molecule has 31 heavy (non-hydrogen) atoms. The number of nitrogens with zero attached hydrogens (tertiary/aromatic N) is 2. The fraction of sp³-hybridized carbons (Fsp3) is 0.417. The standard InChI is InChI=1S/C24H28FN3O3/c1-17(29)26-20-10-6-18(7-11-20)16-24(2)22(27-14-4-3-5-15-27)31-23(30)28(24)21-12-8-19(25)9-13-21/h6-13,22H,3-5,14-16H2,1-2H3,(H,26,29). The molecular formula is C24H28FN3O3. The molecule has 4 rings (SSSR count). The van der Waals surface area contributed by atoms with Crippen molar-refractivity contribution >= 4 is 23.4 Å². The van der Waals surface area contributed by atoms with Gasteiger partial charge in [0.1, 0.15) is 11.4 Å². The normalized spacial score (nSPS) is 24.2. The average molecular weight is 426 g/mol. The molecule has 2 heterocycles. The molecule has 0 aliphatic carbocycles. The molecule has 2 aromatic rings. The molecule has 7 heteroatoms.